The lowest BCUT2D eigenvalue weighted by atomic mass is 10.1. The second kappa shape index (κ2) is 5.92. The highest BCUT2D eigenvalue weighted by atomic mass is 19.4. The molecule has 0 spiro atoms. The predicted molar refractivity (Wildman–Crippen MR) is 65.7 cm³/mol. The van der Waals surface area contributed by atoms with Gasteiger partial charge in [-0.25, -0.2) is 0 Å². The number of benzene rings is 1. The summed E-state index contributed by atoms with van der Waals surface area (Å²) in [5, 5.41) is 2.45. The zero-order valence-corrected chi connectivity index (χ0v) is 10.5. The lowest BCUT2D eigenvalue weighted by Gasteiger charge is -2.16. The molecule has 0 aliphatic carbocycles. The van der Waals surface area contributed by atoms with Gasteiger partial charge in [0.25, 0.3) is 0 Å². The molecular weight excluding hydrogens is 261 g/mol. The molecule has 106 valence electrons. The molecule has 0 aliphatic heterocycles. The van der Waals surface area contributed by atoms with Crippen LogP contribution in [-0.2, 0) is 9.53 Å². The van der Waals surface area contributed by atoms with E-state index in [1.807, 2.05) is 0 Å². The first kappa shape index (κ1) is 15.3. The van der Waals surface area contributed by atoms with Crippen molar-refractivity contribution in [2.24, 2.45) is 0 Å². The highest BCUT2D eigenvalue weighted by Crippen LogP contribution is 2.23. The van der Waals surface area contributed by atoms with Crippen LogP contribution < -0.4 is 11.1 Å². The van der Waals surface area contributed by atoms with Crippen molar-refractivity contribution in [3.63, 3.8) is 0 Å². The summed E-state index contributed by atoms with van der Waals surface area (Å²) in [6, 6.07) is 4.90. The van der Waals surface area contributed by atoms with E-state index in [2.05, 4.69) is 10.1 Å². The quantitative estimate of drug-likeness (QED) is 0.830. The van der Waals surface area contributed by atoms with E-state index >= 15 is 0 Å². The molecular formula is C12H15F3N2O2. The Morgan fingerprint density at radius 3 is 2.68 bits per heavy atom. The average Bonchev–Trinajstić information content (AvgIpc) is 2.30. The number of rotatable bonds is 4. The highest BCUT2D eigenvalue weighted by Gasteiger charge is 2.37. The molecule has 1 atom stereocenters. The van der Waals surface area contributed by atoms with E-state index < -0.39 is 24.8 Å². The Hall–Kier alpha value is -1.76. The number of anilines is 2. The summed E-state index contributed by atoms with van der Waals surface area (Å²) in [5.74, 6) is -0.662. The van der Waals surface area contributed by atoms with E-state index in [0.29, 0.717) is 16.9 Å². The van der Waals surface area contributed by atoms with Gasteiger partial charge in [0, 0.05) is 11.4 Å². The summed E-state index contributed by atoms with van der Waals surface area (Å²) in [6.07, 6.45) is -6.46. The van der Waals surface area contributed by atoms with Gasteiger partial charge in [-0.15, -0.1) is 0 Å². The van der Waals surface area contributed by atoms with Crippen molar-refractivity contribution < 1.29 is 22.7 Å². The fourth-order valence-electron chi connectivity index (χ4n) is 1.27. The van der Waals surface area contributed by atoms with Crippen LogP contribution in [0.3, 0.4) is 0 Å². The number of alkyl halides is 3. The fraction of sp³-hybridized carbons (Fsp3) is 0.417. The van der Waals surface area contributed by atoms with Crippen molar-refractivity contribution in [3.05, 3.63) is 23.8 Å². The largest absolute Gasteiger partial charge is 0.414 e. The number of carbonyl (C=O) groups is 1. The summed E-state index contributed by atoms with van der Waals surface area (Å²) >= 11 is 0. The standard InChI is InChI=1S/C12H15F3N2O2/c1-7-9(16)4-3-5-10(7)17-11(18)6-19-8(2)12(13,14)15/h3-5,8H,6,16H2,1-2H3,(H,17,18). The van der Waals surface area contributed by atoms with Crippen LogP contribution >= 0.6 is 0 Å². The van der Waals surface area contributed by atoms with Gasteiger partial charge in [-0.3, -0.25) is 4.79 Å². The zero-order valence-electron chi connectivity index (χ0n) is 10.5. The molecule has 7 heteroatoms. The molecule has 1 aromatic rings. The Morgan fingerprint density at radius 1 is 1.47 bits per heavy atom. The minimum absolute atomic E-state index is 0.452. The third-order valence-electron chi connectivity index (χ3n) is 2.58. The maximum atomic E-state index is 12.2. The molecule has 0 saturated heterocycles. The van der Waals surface area contributed by atoms with Crippen LogP contribution in [0.25, 0.3) is 0 Å². The number of carbonyl (C=O) groups excluding carboxylic acids is 1. The molecule has 1 rings (SSSR count). The molecule has 1 unspecified atom stereocenters. The minimum atomic E-state index is -4.48. The molecule has 4 nitrogen and oxygen atoms in total. The van der Waals surface area contributed by atoms with Gasteiger partial charge in [-0.1, -0.05) is 6.07 Å². The summed E-state index contributed by atoms with van der Waals surface area (Å²) in [6.45, 7) is 1.87. The lowest BCUT2D eigenvalue weighted by Crippen LogP contribution is -2.32. The van der Waals surface area contributed by atoms with Crippen molar-refractivity contribution in [1.82, 2.24) is 0 Å². The smallest absolute Gasteiger partial charge is 0.398 e. The van der Waals surface area contributed by atoms with Crippen molar-refractivity contribution in [1.29, 1.82) is 0 Å². The van der Waals surface area contributed by atoms with Gasteiger partial charge in [0.05, 0.1) is 0 Å². The Labute approximate surface area is 108 Å². The second-order valence-electron chi connectivity index (χ2n) is 4.06. The number of hydrogen-bond acceptors (Lipinski definition) is 3. The van der Waals surface area contributed by atoms with Crippen LogP contribution in [0.1, 0.15) is 12.5 Å². The van der Waals surface area contributed by atoms with Crippen molar-refractivity contribution in [3.8, 4) is 0 Å². The number of hydrogen-bond donors (Lipinski definition) is 2. The first-order chi connectivity index (χ1) is 8.71. The van der Waals surface area contributed by atoms with E-state index in [4.69, 9.17) is 5.73 Å². The van der Waals surface area contributed by atoms with Crippen LogP contribution in [0, 0.1) is 6.92 Å². The van der Waals surface area contributed by atoms with Gasteiger partial charge in [-0.05, 0) is 31.5 Å². The van der Waals surface area contributed by atoms with Crippen LogP contribution in [0.2, 0.25) is 0 Å². The van der Waals surface area contributed by atoms with Crippen LogP contribution in [0.4, 0.5) is 24.5 Å². The topological polar surface area (TPSA) is 64.3 Å². The Bertz CT molecular complexity index is 461. The molecule has 0 aliphatic rings. The summed E-state index contributed by atoms with van der Waals surface area (Å²) in [5.41, 5.74) is 7.24. The SMILES string of the molecule is Cc1c(N)cccc1NC(=O)COC(C)C(F)(F)F. The molecule has 0 saturated carbocycles. The number of halogens is 3. The maximum Gasteiger partial charge on any atom is 0.414 e. The van der Waals surface area contributed by atoms with Crippen LogP contribution in [-0.4, -0.2) is 24.8 Å². The summed E-state index contributed by atoms with van der Waals surface area (Å²) < 4.78 is 41.0. The van der Waals surface area contributed by atoms with Crippen molar-refractivity contribution in [2.45, 2.75) is 26.1 Å². The number of amides is 1. The number of nitrogens with two attached hydrogens (primary N) is 1. The first-order valence-electron chi connectivity index (χ1n) is 5.55. The normalized spacial score (nSPS) is 13.1. The van der Waals surface area contributed by atoms with Crippen molar-refractivity contribution in [2.75, 3.05) is 17.7 Å². The molecule has 1 aromatic carbocycles. The van der Waals surface area contributed by atoms with E-state index in [9.17, 15) is 18.0 Å². The van der Waals surface area contributed by atoms with Crippen LogP contribution in [0.15, 0.2) is 18.2 Å². The summed E-state index contributed by atoms with van der Waals surface area (Å²) in [4.78, 5) is 11.5. The van der Waals surface area contributed by atoms with E-state index in [1.165, 1.54) is 0 Å². The minimum Gasteiger partial charge on any atom is -0.398 e. The summed E-state index contributed by atoms with van der Waals surface area (Å²) in [7, 11) is 0. The molecule has 19 heavy (non-hydrogen) atoms. The van der Waals surface area contributed by atoms with Gasteiger partial charge in [-0.2, -0.15) is 13.2 Å². The monoisotopic (exact) mass is 276 g/mol. The van der Waals surface area contributed by atoms with E-state index in [-0.39, 0.29) is 0 Å². The third-order valence-corrected chi connectivity index (χ3v) is 2.58. The Kier molecular flexibility index (Phi) is 4.77. The molecule has 0 bridgehead atoms. The third kappa shape index (κ3) is 4.44. The zero-order chi connectivity index (χ0) is 14.6. The number of ether oxygens (including phenoxy) is 1. The molecule has 0 aromatic heterocycles. The molecule has 0 heterocycles. The number of nitrogens with one attached hydrogen (secondary N) is 1. The van der Waals surface area contributed by atoms with E-state index in [0.717, 1.165) is 6.92 Å². The Morgan fingerprint density at radius 2 is 2.11 bits per heavy atom. The van der Waals surface area contributed by atoms with E-state index in [1.54, 1.807) is 25.1 Å². The van der Waals surface area contributed by atoms with Gasteiger partial charge >= 0.3 is 6.18 Å². The second-order valence-corrected chi connectivity index (χ2v) is 4.06. The lowest BCUT2D eigenvalue weighted by molar-refractivity contribution is -0.213. The molecule has 3 N–H and O–H groups in total. The molecule has 0 fully saturated rings. The predicted octanol–water partition coefficient (Wildman–Crippen LogP) is 2.48. The maximum absolute atomic E-state index is 12.2. The average molecular weight is 276 g/mol. The van der Waals surface area contributed by atoms with Gasteiger partial charge < -0.3 is 15.8 Å². The van der Waals surface area contributed by atoms with Crippen molar-refractivity contribution >= 4 is 17.3 Å². The van der Waals surface area contributed by atoms with Gasteiger partial charge in [0.1, 0.15) is 6.61 Å². The Balaban J connectivity index is 2.55. The van der Waals surface area contributed by atoms with Gasteiger partial charge in [0.15, 0.2) is 6.10 Å². The number of nitrogen functional groups attached to an aromatic ring is 1. The molecule has 1 amide bonds. The van der Waals surface area contributed by atoms with Gasteiger partial charge in [0.2, 0.25) is 5.91 Å². The fourth-order valence-corrected chi connectivity index (χ4v) is 1.27. The molecule has 0 radical (unpaired) electrons. The van der Waals surface area contributed by atoms with Crippen LogP contribution in [0.5, 0.6) is 0 Å². The first-order valence-corrected chi connectivity index (χ1v) is 5.55. The highest BCUT2D eigenvalue weighted by molar-refractivity contribution is 5.93.